The van der Waals surface area contributed by atoms with Gasteiger partial charge in [-0.1, -0.05) is 12.1 Å². The maximum atomic E-state index is 10.7. The van der Waals surface area contributed by atoms with Crippen LogP contribution in [0.2, 0.25) is 0 Å². The Morgan fingerprint density at radius 2 is 1.48 bits per heavy atom. The van der Waals surface area contributed by atoms with Crippen LogP contribution < -0.4 is 26.3 Å². The van der Waals surface area contributed by atoms with Crippen LogP contribution >= 0.6 is 0 Å². The molecule has 0 saturated heterocycles. The fourth-order valence-electron chi connectivity index (χ4n) is 1.50. The molecule has 0 bridgehead atoms. The number of carboxylic acid groups (broad SMARTS) is 1. The van der Waals surface area contributed by atoms with Gasteiger partial charge in [0.05, 0.1) is 5.97 Å². The summed E-state index contributed by atoms with van der Waals surface area (Å²) in [4.78, 5) is 10.7. The van der Waals surface area contributed by atoms with Crippen LogP contribution in [0.25, 0.3) is 0 Å². The van der Waals surface area contributed by atoms with Gasteiger partial charge < -0.3 is 35.7 Å². The van der Waals surface area contributed by atoms with Crippen LogP contribution in [-0.2, 0) is 10.4 Å². The smallest absolute Gasteiger partial charge is 0.262 e. The van der Waals surface area contributed by atoms with Crippen LogP contribution in [-0.4, -0.2) is 18.9 Å². The quantitative estimate of drug-likeness (QED) is 0.605. The molecule has 10 heteroatoms. The van der Waals surface area contributed by atoms with E-state index in [4.69, 9.17) is 4.74 Å². The molecular formula is C13H16N2O7S. The van der Waals surface area contributed by atoms with E-state index in [1.807, 2.05) is 0 Å². The average Bonchev–Trinajstić information content (AvgIpc) is 2.40. The molecule has 0 heterocycles. The first-order chi connectivity index (χ1) is 9.83. The summed E-state index contributed by atoms with van der Waals surface area (Å²) in [5, 5.41) is 10.7. The summed E-state index contributed by atoms with van der Waals surface area (Å²) >= 11 is 0. The molecule has 23 heavy (non-hydrogen) atoms. The second-order valence-corrected chi connectivity index (χ2v) is 4.86. The van der Waals surface area contributed by atoms with Gasteiger partial charge in [-0.3, -0.25) is 0 Å². The molecule has 0 fully saturated rings. The maximum Gasteiger partial charge on any atom is 0.262 e. The summed E-state index contributed by atoms with van der Waals surface area (Å²) in [6.07, 6.45) is 0. The van der Waals surface area contributed by atoms with Crippen molar-refractivity contribution in [1.29, 1.82) is 0 Å². The summed E-state index contributed by atoms with van der Waals surface area (Å²) < 4.78 is 40.7. The number of benzene rings is 2. The second kappa shape index (κ2) is 8.10. The summed E-state index contributed by atoms with van der Waals surface area (Å²) in [7, 11) is -4.83. The fourth-order valence-corrected chi connectivity index (χ4v) is 1.85. The molecule has 0 spiro atoms. The highest BCUT2D eigenvalue weighted by atomic mass is 32.3. The van der Waals surface area contributed by atoms with Gasteiger partial charge in [-0.2, -0.15) is 0 Å². The Labute approximate surface area is 132 Å². The molecule has 0 aromatic heterocycles. The molecule has 0 amide bonds. The van der Waals surface area contributed by atoms with Crippen molar-refractivity contribution in [1.82, 2.24) is 12.3 Å². The van der Waals surface area contributed by atoms with Crippen molar-refractivity contribution < 1.29 is 31.8 Å². The number of carbonyl (C=O) groups is 1. The Balaban J connectivity index is 0.00000242. The van der Waals surface area contributed by atoms with E-state index in [2.05, 4.69) is 4.18 Å². The van der Waals surface area contributed by atoms with Crippen molar-refractivity contribution in [3.05, 3.63) is 54.1 Å². The minimum absolute atomic E-state index is 0. The molecule has 0 unspecified atom stereocenters. The van der Waals surface area contributed by atoms with Gasteiger partial charge in [-0.15, -0.1) is 0 Å². The van der Waals surface area contributed by atoms with E-state index in [0.717, 1.165) is 0 Å². The highest BCUT2D eigenvalue weighted by Gasteiger charge is 2.02. The lowest BCUT2D eigenvalue weighted by Gasteiger charge is -2.10. The first-order valence-corrected chi connectivity index (χ1v) is 6.91. The number of aromatic carboxylic acids is 1. The first-order valence-electron chi connectivity index (χ1n) is 5.58. The van der Waals surface area contributed by atoms with E-state index < -0.39 is 16.4 Å². The highest BCUT2D eigenvalue weighted by molar-refractivity contribution is 7.81. The zero-order chi connectivity index (χ0) is 15.5. The molecular weight excluding hydrogens is 328 g/mol. The van der Waals surface area contributed by atoms with Crippen LogP contribution in [0.1, 0.15) is 10.4 Å². The molecule has 2 rings (SSSR count). The minimum atomic E-state index is -4.83. The lowest BCUT2D eigenvalue weighted by Crippen LogP contribution is -2.21. The first kappa shape index (κ1) is 20.3. The molecule has 9 nitrogen and oxygen atoms in total. The standard InChI is InChI=1S/C13H10O7S.2H3N/c14-13(15)9-2-1-3-12(8-9)19-10-4-6-11(7-5-10)20-21(16,17)18;;/h1-8H,(H,14,15)(H,16,17,18);2*1H3. The van der Waals surface area contributed by atoms with Gasteiger partial charge in [0, 0.05) is 5.56 Å². The molecule has 2 aromatic rings. The molecule has 0 radical (unpaired) electrons. The minimum Gasteiger partial charge on any atom is -0.716 e. The number of carboxylic acids is 1. The Morgan fingerprint density at radius 3 is 2.00 bits per heavy atom. The third kappa shape index (κ3) is 6.32. The summed E-state index contributed by atoms with van der Waals surface area (Å²) in [6, 6.07) is 10.9. The van der Waals surface area contributed by atoms with Crippen molar-refractivity contribution in [2.24, 2.45) is 0 Å². The van der Waals surface area contributed by atoms with Crippen molar-refractivity contribution in [3.8, 4) is 17.2 Å². The second-order valence-electron chi connectivity index (χ2n) is 3.88. The third-order valence-corrected chi connectivity index (χ3v) is 2.72. The Bertz CT molecular complexity index is 760. The number of quaternary nitrogens is 2. The van der Waals surface area contributed by atoms with E-state index in [1.54, 1.807) is 6.07 Å². The topological polar surface area (TPSA) is 189 Å². The molecule has 2 aromatic carbocycles. The zero-order valence-corrected chi connectivity index (χ0v) is 13.2. The Hall–Kier alpha value is -2.66. The van der Waals surface area contributed by atoms with Crippen molar-refractivity contribution in [2.75, 3.05) is 0 Å². The van der Waals surface area contributed by atoms with Crippen LogP contribution in [0.5, 0.6) is 17.2 Å². The predicted molar refractivity (Wildman–Crippen MR) is 79.6 cm³/mol. The van der Waals surface area contributed by atoms with Crippen LogP contribution in [0.3, 0.4) is 0 Å². The van der Waals surface area contributed by atoms with E-state index in [0.29, 0.717) is 5.75 Å². The van der Waals surface area contributed by atoms with Gasteiger partial charge in [0.1, 0.15) is 17.2 Å². The van der Waals surface area contributed by atoms with Crippen molar-refractivity contribution in [2.45, 2.75) is 0 Å². The van der Waals surface area contributed by atoms with Gasteiger partial charge in [-0.05, 0) is 36.4 Å². The SMILES string of the molecule is O=C([O-])c1cccc(Oc2ccc(OS(=O)(=O)[O-])cc2)c1.[NH4+].[NH4+]. The number of hydrogen-bond acceptors (Lipinski definition) is 7. The van der Waals surface area contributed by atoms with Gasteiger partial charge in [-0.25, -0.2) is 8.42 Å². The molecule has 8 N–H and O–H groups in total. The maximum absolute atomic E-state index is 10.7. The summed E-state index contributed by atoms with van der Waals surface area (Å²) in [5.41, 5.74) is -0.0371. The molecule has 126 valence electrons. The lowest BCUT2D eigenvalue weighted by molar-refractivity contribution is -0.255. The Morgan fingerprint density at radius 1 is 0.913 bits per heavy atom. The summed E-state index contributed by atoms with van der Waals surface area (Å²) in [5.74, 6) is -0.909. The molecule has 0 atom stereocenters. The zero-order valence-electron chi connectivity index (χ0n) is 12.4. The van der Waals surface area contributed by atoms with E-state index in [1.165, 1.54) is 42.5 Å². The van der Waals surface area contributed by atoms with Gasteiger partial charge in [0.25, 0.3) is 10.4 Å². The largest absolute Gasteiger partial charge is 0.716 e. The monoisotopic (exact) mass is 344 g/mol. The number of ether oxygens (including phenoxy) is 1. The highest BCUT2D eigenvalue weighted by Crippen LogP contribution is 2.24. The third-order valence-electron chi connectivity index (χ3n) is 2.33. The van der Waals surface area contributed by atoms with Crippen molar-refractivity contribution >= 4 is 16.4 Å². The van der Waals surface area contributed by atoms with Gasteiger partial charge in [0.15, 0.2) is 0 Å². The summed E-state index contributed by atoms with van der Waals surface area (Å²) in [6.45, 7) is 0. The lowest BCUT2D eigenvalue weighted by atomic mass is 10.2. The van der Waals surface area contributed by atoms with Crippen LogP contribution in [0.15, 0.2) is 48.5 Å². The van der Waals surface area contributed by atoms with Gasteiger partial charge in [0.2, 0.25) is 0 Å². The Kier molecular flexibility index (Phi) is 7.16. The fraction of sp³-hybridized carbons (Fsp3) is 0. The number of hydrogen-bond donors (Lipinski definition) is 2. The molecule has 0 aliphatic heterocycles. The van der Waals surface area contributed by atoms with Gasteiger partial charge >= 0.3 is 0 Å². The normalized spacial score (nSPS) is 9.96. The molecule has 0 saturated carbocycles. The molecule has 0 aliphatic carbocycles. The van der Waals surface area contributed by atoms with E-state index in [-0.39, 0.29) is 29.4 Å². The average molecular weight is 344 g/mol. The number of carbonyl (C=O) groups excluding carboxylic acids is 1. The predicted octanol–water partition coefficient (Wildman–Crippen LogP) is 1.43. The van der Waals surface area contributed by atoms with Crippen LogP contribution in [0, 0.1) is 0 Å². The van der Waals surface area contributed by atoms with Crippen LogP contribution in [0.4, 0.5) is 0 Å². The van der Waals surface area contributed by atoms with E-state index in [9.17, 15) is 22.9 Å². The van der Waals surface area contributed by atoms with Crippen molar-refractivity contribution in [3.63, 3.8) is 0 Å². The van der Waals surface area contributed by atoms with E-state index >= 15 is 0 Å². The molecule has 0 aliphatic rings. The number of rotatable bonds is 5.